The summed E-state index contributed by atoms with van der Waals surface area (Å²) in [4.78, 5) is 0. The van der Waals surface area contributed by atoms with Crippen LogP contribution in [-0.2, 0) is 0 Å². The molecule has 0 amide bonds. The standard InChI is InChI=1S/2C8H9F.C8H10O2.C8H10O.C8H10.C7H7ClO.2C7H7FO.5CH4/c1-6-3-4-8(9)5-7(6)2;1-6-4-3-5-8(9)7(6)2;1-6-4-3-5-7(10-2)8(6)9;1-6-4-3-5-7(2)8(6)9;1-7-5-3-4-6-8(7)2;1-5-2-3-6(8)4-7(5)9;1-5-4-6(8)2-3-7(5)9;1-5-6(8)3-2-4-7(5)9;;;;;/h2*3-5H,1-2H3;3-5,9H,1-2H3;3-5,9H,1-2H3;3-6H,1-2H3;3*2-4,9H,1H3;5*1H4. The molecule has 0 bridgehead atoms. The van der Waals surface area contributed by atoms with Crippen LogP contribution in [0.4, 0.5) is 17.6 Å². The van der Waals surface area contributed by atoms with E-state index in [2.05, 4.69) is 38.1 Å². The van der Waals surface area contributed by atoms with Crippen molar-refractivity contribution in [1.29, 1.82) is 0 Å². The number of methoxy groups -OCH3 is 1. The van der Waals surface area contributed by atoms with Crippen LogP contribution in [0.2, 0.25) is 5.02 Å². The van der Waals surface area contributed by atoms with Gasteiger partial charge in [-0.25, -0.2) is 17.6 Å². The lowest BCUT2D eigenvalue weighted by atomic mass is 10.1. The Hall–Kier alpha value is -7.43. The van der Waals surface area contributed by atoms with E-state index in [1.807, 2.05) is 84.9 Å². The summed E-state index contributed by atoms with van der Waals surface area (Å²) in [5, 5.41) is 45.8. The fraction of sp³-hybridized carbons (Fsp3) is 0.273. The van der Waals surface area contributed by atoms with E-state index in [1.165, 1.54) is 85.8 Å². The van der Waals surface area contributed by atoms with Crippen molar-refractivity contribution in [3.63, 3.8) is 0 Å². The summed E-state index contributed by atoms with van der Waals surface area (Å²) in [6.07, 6.45) is 0. The third-order valence-corrected chi connectivity index (χ3v) is 11.1. The second-order valence-corrected chi connectivity index (χ2v) is 17.0. The molecular formula is C66H89ClF4O6. The second-order valence-electron chi connectivity index (χ2n) is 16.6. The molecule has 0 heterocycles. The Balaban J connectivity index is -0.000000254. The summed E-state index contributed by atoms with van der Waals surface area (Å²) >= 11 is 5.56. The molecule has 0 spiro atoms. The number of para-hydroxylation sites is 2. The maximum Gasteiger partial charge on any atom is 0.160 e. The molecule has 0 aromatic heterocycles. The molecule has 8 aromatic rings. The Bertz CT molecular complexity index is 2590. The molecule has 0 unspecified atom stereocenters. The van der Waals surface area contributed by atoms with Crippen molar-refractivity contribution >= 4 is 11.6 Å². The van der Waals surface area contributed by atoms with E-state index < -0.39 is 0 Å². The highest BCUT2D eigenvalue weighted by Gasteiger charge is 2.02. The van der Waals surface area contributed by atoms with E-state index in [4.69, 9.17) is 31.7 Å². The van der Waals surface area contributed by atoms with Gasteiger partial charge in [0.25, 0.3) is 0 Å². The van der Waals surface area contributed by atoms with Gasteiger partial charge in [-0.05, 0) is 211 Å². The van der Waals surface area contributed by atoms with Gasteiger partial charge in [-0.3, -0.25) is 0 Å². The zero-order valence-electron chi connectivity index (χ0n) is 43.5. The molecule has 0 aliphatic heterocycles. The Morgan fingerprint density at radius 1 is 0.325 bits per heavy atom. The lowest BCUT2D eigenvalue weighted by Crippen LogP contribution is -1.84. The predicted molar refractivity (Wildman–Crippen MR) is 322 cm³/mol. The molecule has 8 rings (SSSR count). The number of ether oxygens (including phenoxy) is 1. The lowest BCUT2D eigenvalue weighted by Gasteiger charge is -2.03. The number of rotatable bonds is 1. The summed E-state index contributed by atoms with van der Waals surface area (Å²) in [5.41, 5.74) is 11.1. The van der Waals surface area contributed by atoms with E-state index >= 15 is 0 Å². The van der Waals surface area contributed by atoms with Crippen LogP contribution < -0.4 is 4.74 Å². The van der Waals surface area contributed by atoms with Crippen LogP contribution in [0.3, 0.4) is 0 Å². The summed E-state index contributed by atoms with van der Waals surface area (Å²) in [5.74, 6) is 0.616. The van der Waals surface area contributed by atoms with E-state index in [0.29, 0.717) is 27.6 Å². The number of aryl methyl sites for hydroxylation is 10. The Labute approximate surface area is 466 Å². The van der Waals surface area contributed by atoms with Crippen molar-refractivity contribution in [2.24, 2.45) is 0 Å². The molecule has 0 fully saturated rings. The highest BCUT2D eigenvalue weighted by Crippen LogP contribution is 2.28. The Morgan fingerprint density at radius 3 is 1.06 bits per heavy atom. The number of halogens is 5. The van der Waals surface area contributed by atoms with Crippen molar-refractivity contribution < 1.29 is 47.8 Å². The maximum atomic E-state index is 12.6. The number of hydrogen-bond donors (Lipinski definition) is 5. The molecule has 11 heteroatoms. The average molecular weight is 1090 g/mol. The molecule has 77 heavy (non-hydrogen) atoms. The summed E-state index contributed by atoms with van der Waals surface area (Å²) in [7, 11) is 1.54. The molecule has 0 radical (unpaired) electrons. The highest BCUT2D eigenvalue weighted by atomic mass is 35.5. The van der Waals surface area contributed by atoms with Crippen molar-refractivity contribution in [1.82, 2.24) is 0 Å². The molecule has 0 aliphatic rings. The van der Waals surface area contributed by atoms with Crippen molar-refractivity contribution in [3.05, 3.63) is 247 Å². The average Bonchev–Trinajstić information content (AvgIpc) is 3.34. The minimum atomic E-state index is -0.366. The number of aromatic hydroxyl groups is 5. The first-order chi connectivity index (χ1) is 33.8. The molecule has 6 nitrogen and oxygen atoms in total. The van der Waals surface area contributed by atoms with Gasteiger partial charge in [0.1, 0.15) is 46.3 Å². The first kappa shape index (κ1) is 78.5. The minimum Gasteiger partial charge on any atom is -0.508 e. The van der Waals surface area contributed by atoms with E-state index in [-0.39, 0.29) is 83.4 Å². The number of phenols is 5. The van der Waals surface area contributed by atoms with E-state index in [0.717, 1.165) is 44.5 Å². The molecule has 5 N–H and O–H groups in total. The van der Waals surface area contributed by atoms with Gasteiger partial charge in [-0.15, -0.1) is 0 Å². The molecule has 0 atom stereocenters. The van der Waals surface area contributed by atoms with Gasteiger partial charge >= 0.3 is 0 Å². The number of hydrogen-bond acceptors (Lipinski definition) is 6. The third-order valence-electron chi connectivity index (χ3n) is 10.9. The molecule has 0 saturated carbocycles. The van der Waals surface area contributed by atoms with Crippen LogP contribution in [0.1, 0.15) is 104 Å². The SMILES string of the molecule is C.C.C.C.C.COc1cccc(C)c1O.Cc1c(O)cccc1F.Cc1cc(F)ccc1O.Cc1ccc(Cl)cc1O.Cc1ccc(F)cc1C.Cc1cccc(C)c1O.Cc1cccc(F)c1C.Cc1ccccc1C. The molecular weight excluding hydrogens is 1000 g/mol. The van der Waals surface area contributed by atoms with Crippen molar-refractivity contribution in [2.75, 3.05) is 7.11 Å². The summed E-state index contributed by atoms with van der Waals surface area (Å²) in [6, 6.07) is 42.5. The molecule has 8 aromatic carbocycles. The van der Waals surface area contributed by atoms with Crippen LogP contribution in [0, 0.1) is 106 Å². The fourth-order valence-corrected chi connectivity index (χ4v) is 5.65. The van der Waals surface area contributed by atoms with E-state index in [9.17, 15) is 27.8 Å². The first-order valence-electron chi connectivity index (χ1n) is 22.7. The van der Waals surface area contributed by atoms with Crippen LogP contribution in [0.25, 0.3) is 0 Å². The predicted octanol–water partition coefficient (Wildman–Crippen LogP) is 20.1. The van der Waals surface area contributed by atoms with Gasteiger partial charge < -0.3 is 30.3 Å². The van der Waals surface area contributed by atoms with Crippen LogP contribution >= 0.6 is 11.6 Å². The van der Waals surface area contributed by atoms with Crippen molar-refractivity contribution in [3.8, 4) is 34.5 Å². The molecule has 0 saturated heterocycles. The van der Waals surface area contributed by atoms with Crippen LogP contribution in [0.5, 0.6) is 34.5 Å². The summed E-state index contributed by atoms with van der Waals surface area (Å²) in [6.45, 7) is 22.4. The number of benzene rings is 8. The van der Waals surface area contributed by atoms with Crippen molar-refractivity contribution in [2.45, 2.75) is 120 Å². The third kappa shape index (κ3) is 30.0. The van der Waals surface area contributed by atoms with Gasteiger partial charge in [0.05, 0.1) is 7.11 Å². The largest absolute Gasteiger partial charge is 0.508 e. The normalized spacial score (nSPS) is 8.91. The Kier molecular flexibility index (Phi) is 41.6. The van der Waals surface area contributed by atoms with Gasteiger partial charge in [0, 0.05) is 10.6 Å². The molecule has 0 aliphatic carbocycles. The number of phenolic OH excluding ortho intramolecular Hbond substituents is 5. The quantitative estimate of drug-likeness (QED) is 0.105. The van der Waals surface area contributed by atoms with E-state index in [1.54, 1.807) is 44.2 Å². The first-order valence-corrected chi connectivity index (χ1v) is 23.1. The fourth-order valence-electron chi connectivity index (χ4n) is 5.48. The highest BCUT2D eigenvalue weighted by molar-refractivity contribution is 6.30. The lowest BCUT2D eigenvalue weighted by molar-refractivity contribution is 0.372. The summed E-state index contributed by atoms with van der Waals surface area (Å²) < 4.78 is 54.5. The zero-order valence-corrected chi connectivity index (χ0v) is 44.2. The minimum absolute atomic E-state index is 0. The second kappa shape index (κ2) is 40.8. The molecule has 424 valence electrons. The van der Waals surface area contributed by atoms with Gasteiger partial charge in [0.2, 0.25) is 0 Å². The van der Waals surface area contributed by atoms with Crippen LogP contribution in [0.15, 0.2) is 152 Å². The smallest absolute Gasteiger partial charge is 0.160 e. The maximum absolute atomic E-state index is 12.6. The van der Waals surface area contributed by atoms with Gasteiger partial charge in [-0.2, -0.15) is 0 Å². The monoisotopic (exact) mass is 1090 g/mol. The van der Waals surface area contributed by atoms with Gasteiger partial charge in [-0.1, -0.05) is 134 Å². The zero-order chi connectivity index (χ0) is 54.7. The van der Waals surface area contributed by atoms with Crippen LogP contribution in [-0.4, -0.2) is 32.6 Å². The van der Waals surface area contributed by atoms with Gasteiger partial charge in [0.15, 0.2) is 11.5 Å². The topological polar surface area (TPSA) is 110 Å². The Morgan fingerprint density at radius 2 is 0.714 bits per heavy atom.